The fourth-order valence-corrected chi connectivity index (χ4v) is 3.38. The smallest absolute Gasteiger partial charge is 0.325 e. The van der Waals surface area contributed by atoms with Crippen molar-refractivity contribution in [3.63, 3.8) is 0 Å². The number of aromatic nitrogens is 4. The van der Waals surface area contributed by atoms with Gasteiger partial charge in [0.2, 0.25) is 0 Å². The van der Waals surface area contributed by atoms with Gasteiger partial charge in [-0.15, -0.1) is 6.42 Å². The Bertz CT molecular complexity index is 1350. The van der Waals surface area contributed by atoms with Crippen LogP contribution >= 0.6 is 0 Å². The highest BCUT2D eigenvalue weighted by Crippen LogP contribution is 2.33. The highest BCUT2D eigenvalue weighted by molar-refractivity contribution is 5.62. The minimum atomic E-state index is -3.22. The van der Waals surface area contributed by atoms with Crippen LogP contribution in [0.15, 0.2) is 50.9 Å². The molecule has 3 N–H and O–H groups in total. The van der Waals surface area contributed by atoms with E-state index in [1.54, 1.807) is 24.3 Å². The summed E-state index contributed by atoms with van der Waals surface area (Å²) in [7, 11) is 0. The molecular weight excluding hydrogens is 424 g/mol. The zero-order valence-corrected chi connectivity index (χ0v) is 16.5. The summed E-state index contributed by atoms with van der Waals surface area (Å²) < 4.78 is 34.7. The molecule has 0 aliphatic carbocycles. The van der Waals surface area contributed by atoms with E-state index >= 15 is 0 Å². The minimum Gasteiger partial charge on any atom is -0.365 e. The first-order chi connectivity index (χ1) is 15.3. The first-order valence-corrected chi connectivity index (χ1v) is 9.49. The zero-order chi connectivity index (χ0) is 22.9. The molecule has 1 aliphatic rings. The van der Waals surface area contributed by atoms with Gasteiger partial charge in [0, 0.05) is 11.8 Å². The van der Waals surface area contributed by atoms with Crippen LogP contribution in [0.25, 0.3) is 11.3 Å². The number of nitrogens with one attached hydrogen (secondary N) is 3. The number of alkyl halides is 2. The van der Waals surface area contributed by atoms with Gasteiger partial charge >= 0.3 is 5.69 Å². The maximum absolute atomic E-state index is 14.6. The maximum Gasteiger partial charge on any atom is 0.325 e. The topological polar surface area (TPSA) is 124 Å². The fourth-order valence-electron chi connectivity index (χ4n) is 3.38. The van der Waals surface area contributed by atoms with Gasteiger partial charge < -0.3 is 14.6 Å². The van der Waals surface area contributed by atoms with E-state index in [0.717, 1.165) is 6.20 Å². The summed E-state index contributed by atoms with van der Waals surface area (Å²) >= 11 is 0. The Morgan fingerprint density at radius 1 is 1.22 bits per heavy atom. The van der Waals surface area contributed by atoms with Crippen molar-refractivity contribution in [1.82, 2.24) is 20.2 Å². The van der Waals surface area contributed by atoms with E-state index in [-0.39, 0.29) is 30.1 Å². The number of terminal acetylenes is 1. The Morgan fingerprint density at radius 2 is 1.97 bits per heavy atom. The Morgan fingerprint density at radius 3 is 2.66 bits per heavy atom. The van der Waals surface area contributed by atoms with Crippen molar-refractivity contribution < 1.29 is 13.5 Å². The van der Waals surface area contributed by atoms with Crippen molar-refractivity contribution >= 4 is 5.69 Å². The molecule has 0 bridgehead atoms. The summed E-state index contributed by atoms with van der Waals surface area (Å²) in [6.45, 7) is -1.05. The first kappa shape index (κ1) is 21.2. The highest BCUT2D eigenvalue weighted by atomic mass is 19.3. The second kappa shape index (κ2) is 8.24. The summed E-state index contributed by atoms with van der Waals surface area (Å²) in [5, 5.41) is 5.98. The summed E-state index contributed by atoms with van der Waals surface area (Å²) in [5.41, 5.74) is -0.908. The quantitative estimate of drug-likeness (QED) is 0.504. The molecule has 1 fully saturated rings. The maximum atomic E-state index is 14.6. The standard InChI is InChI=1S/C21H17F2N5O4/c1-2-12-3-5-13(6-4-12)10-32-17-9-28(11-21(17,22)23)16-7-15(26-27-19(16)30)14-8-24-20(31)25-18(14)29/h1,3-8,17H,9-11H2,(H,27,30)(H2,24,25,29,31)/t17-/m0/s1. The number of H-pyrrole nitrogens is 3. The van der Waals surface area contributed by atoms with Crippen molar-refractivity contribution in [2.75, 3.05) is 18.0 Å². The molecule has 1 aliphatic heterocycles. The summed E-state index contributed by atoms with van der Waals surface area (Å²) in [6, 6.07) is 7.99. The van der Waals surface area contributed by atoms with Crippen molar-refractivity contribution in [2.24, 2.45) is 0 Å². The number of anilines is 1. The van der Waals surface area contributed by atoms with Gasteiger partial charge in [0.1, 0.15) is 11.8 Å². The molecule has 1 atom stereocenters. The van der Waals surface area contributed by atoms with E-state index < -0.39 is 35.4 Å². The fraction of sp³-hybridized carbons (Fsp3) is 0.238. The predicted molar refractivity (Wildman–Crippen MR) is 112 cm³/mol. The lowest BCUT2D eigenvalue weighted by molar-refractivity contribution is -0.110. The van der Waals surface area contributed by atoms with Crippen LogP contribution in [0.2, 0.25) is 0 Å². The van der Waals surface area contributed by atoms with Gasteiger partial charge in [-0.25, -0.2) is 18.7 Å². The molecule has 0 spiro atoms. The Labute approximate surface area is 179 Å². The average molecular weight is 441 g/mol. The van der Waals surface area contributed by atoms with Crippen LogP contribution in [0.1, 0.15) is 11.1 Å². The van der Waals surface area contributed by atoms with Crippen molar-refractivity contribution in [2.45, 2.75) is 18.6 Å². The minimum absolute atomic E-state index is 0.0124. The van der Waals surface area contributed by atoms with Crippen LogP contribution in [-0.4, -0.2) is 45.3 Å². The Balaban J connectivity index is 1.55. The monoisotopic (exact) mass is 441 g/mol. The molecule has 4 rings (SSSR count). The molecule has 32 heavy (non-hydrogen) atoms. The molecule has 0 unspecified atom stereocenters. The van der Waals surface area contributed by atoms with E-state index in [1.807, 2.05) is 4.98 Å². The lowest BCUT2D eigenvalue weighted by atomic mass is 10.1. The summed E-state index contributed by atoms with van der Waals surface area (Å²) in [4.78, 5) is 41.0. The number of hydrogen-bond acceptors (Lipinski definition) is 6. The SMILES string of the molecule is C#Cc1ccc(CO[C@H]2CN(c3cc(-c4c[nH]c(=O)[nH]c4=O)n[nH]c3=O)CC2(F)F)cc1. The van der Waals surface area contributed by atoms with E-state index in [9.17, 15) is 23.2 Å². The number of halogens is 2. The number of hydrogen-bond donors (Lipinski definition) is 3. The lowest BCUT2D eigenvalue weighted by Gasteiger charge is -2.17. The first-order valence-electron chi connectivity index (χ1n) is 9.49. The van der Waals surface area contributed by atoms with E-state index in [1.165, 1.54) is 11.0 Å². The normalized spacial score (nSPS) is 17.3. The van der Waals surface area contributed by atoms with Crippen LogP contribution in [0, 0.1) is 12.3 Å². The average Bonchev–Trinajstić information content (AvgIpc) is 3.07. The second-order valence-electron chi connectivity index (χ2n) is 7.24. The third-order valence-electron chi connectivity index (χ3n) is 5.05. The molecule has 164 valence electrons. The summed E-state index contributed by atoms with van der Waals surface area (Å²) in [5.74, 6) is -0.746. The van der Waals surface area contributed by atoms with E-state index in [0.29, 0.717) is 11.1 Å². The van der Waals surface area contributed by atoms with Crippen LogP contribution in [-0.2, 0) is 11.3 Å². The van der Waals surface area contributed by atoms with Gasteiger partial charge in [0.15, 0.2) is 0 Å². The van der Waals surface area contributed by atoms with Gasteiger partial charge in [-0.2, -0.15) is 5.10 Å². The van der Waals surface area contributed by atoms with Gasteiger partial charge in [-0.3, -0.25) is 14.6 Å². The number of rotatable bonds is 5. The van der Waals surface area contributed by atoms with Crippen LogP contribution in [0.5, 0.6) is 0 Å². The molecule has 3 aromatic rings. The molecule has 0 saturated carbocycles. The number of benzene rings is 1. The van der Waals surface area contributed by atoms with Crippen molar-refractivity contribution in [1.29, 1.82) is 0 Å². The molecule has 0 amide bonds. The van der Waals surface area contributed by atoms with Crippen LogP contribution < -0.4 is 21.7 Å². The van der Waals surface area contributed by atoms with Gasteiger partial charge in [-0.05, 0) is 23.8 Å². The predicted octanol–water partition coefficient (Wildman–Crippen LogP) is 0.835. The van der Waals surface area contributed by atoms with Crippen molar-refractivity contribution in [3.8, 4) is 23.6 Å². The molecule has 3 heterocycles. The second-order valence-corrected chi connectivity index (χ2v) is 7.24. The van der Waals surface area contributed by atoms with Crippen LogP contribution in [0.3, 0.4) is 0 Å². The third-order valence-corrected chi connectivity index (χ3v) is 5.05. The largest absolute Gasteiger partial charge is 0.365 e. The lowest BCUT2D eigenvalue weighted by Crippen LogP contribution is -2.34. The van der Waals surface area contributed by atoms with Crippen LogP contribution in [0.4, 0.5) is 14.5 Å². The van der Waals surface area contributed by atoms with Gasteiger partial charge in [0.05, 0.1) is 31.0 Å². The molecular formula is C21H17F2N5O4. The zero-order valence-electron chi connectivity index (χ0n) is 16.5. The van der Waals surface area contributed by atoms with E-state index in [2.05, 4.69) is 21.1 Å². The summed E-state index contributed by atoms with van der Waals surface area (Å²) in [6.07, 6.45) is 4.97. The number of nitrogens with zero attached hydrogens (tertiary/aromatic N) is 2. The van der Waals surface area contributed by atoms with Crippen molar-refractivity contribution in [3.05, 3.63) is 78.8 Å². The molecule has 1 aromatic carbocycles. The molecule has 11 heteroatoms. The van der Waals surface area contributed by atoms with Gasteiger partial charge in [-0.1, -0.05) is 18.1 Å². The molecule has 9 nitrogen and oxygen atoms in total. The molecule has 0 radical (unpaired) electrons. The molecule has 1 saturated heterocycles. The number of aromatic amines is 3. The number of ether oxygens (including phenoxy) is 1. The van der Waals surface area contributed by atoms with E-state index in [4.69, 9.17) is 11.2 Å². The molecule has 2 aromatic heterocycles. The Hall–Kier alpha value is -4.04. The highest BCUT2D eigenvalue weighted by Gasteiger charge is 2.49. The third kappa shape index (κ3) is 4.21. The van der Waals surface area contributed by atoms with Gasteiger partial charge in [0.25, 0.3) is 17.0 Å². The Kier molecular flexibility index (Phi) is 5.46.